The minimum atomic E-state index is 0.513. The molecule has 4 nitrogen and oxygen atoms in total. The molecule has 0 saturated heterocycles. The molecule has 4 aromatic rings. The van der Waals surface area contributed by atoms with Crippen molar-refractivity contribution in [1.82, 2.24) is 14.5 Å². The highest BCUT2D eigenvalue weighted by molar-refractivity contribution is 9.10. The minimum Gasteiger partial charge on any atom is -0.337 e. The van der Waals surface area contributed by atoms with Gasteiger partial charge in [0.15, 0.2) is 0 Å². The fourth-order valence-corrected chi connectivity index (χ4v) is 3.79. The van der Waals surface area contributed by atoms with Crippen LogP contribution in [-0.4, -0.2) is 14.5 Å². The van der Waals surface area contributed by atoms with Crippen molar-refractivity contribution in [1.29, 1.82) is 5.26 Å². The van der Waals surface area contributed by atoms with Crippen LogP contribution in [0.25, 0.3) is 28.4 Å². The lowest BCUT2D eigenvalue weighted by molar-refractivity contribution is 0.959. The molecule has 0 atom stereocenters. The Morgan fingerprint density at radius 1 is 1.15 bits per heavy atom. The molecule has 0 aliphatic rings. The first-order valence-corrected chi connectivity index (χ1v) is 9.38. The SMILES string of the molecule is Cc1cc(/C=C(\C#N)c2nc3ccccc3[nH]2)c(C)n1-c1ccccc1Br. The molecule has 132 valence electrons. The second kappa shape index (κ2) is 6.90. The van der Waals surface area contributed by atoms with Crippen LogP contribution in [0.3, 0.4) is 0 Å². The van der Waals surface area contributed by atoms with Gasteiger partial charge in [-0.2, -0.15) is 5.26 Å². The molecule has 0 fully saturated rings. The summed E-state index contributed by atoms with van der Waals surface area (Å²) in [6.45, 7) is 4.13. The lowest BCUT2D eigenvalue weighted by Crippen LogP contribution is -1.99. The van der Waals surface area contributed by atoms with Crippen molar-refractivity contribution < 1.29 is 0 Å². The minimum absolute atomic E-state index is 0.513. The van der Waals surface area contributed by atoms with Crippen molar-refractivity contribution in [3.05, 3.63) is 81.8 Å². The Morgan fingerprint density at radius 3 is 2.63 bits per heavy atom. The van der Waals surface area contributed by atoms with Gasteiger partial charge in [-0.1, -0.05) is 24.3 Å². The first-order chi connectivity index (χ1) is 13.1. The summed E-state index contributed by atoms with van der Waals surface area (Å²) in [6.07, 6.45) is 1.90. The summed E-state index contributed by atoms with van der Waals surface area (Å²) in [5, 5.41) is 9.70. The molecule has 0 aliphatic carbocycles. The zero-order valence-electron chi connectivity index (χ0n) is 15.0. The number of rotatable bonds is 3. The third kappa shape index (κ3) is 3.09. The molecule has 0 unspecified atom stereocenters. The van der Waals surface area contributed by atoms with Gasteiger partial charge in [-0.3, -0.25) is 0 Å². The number of aromatic nitrogens is 3. The first kappa shape index (κ1) is 17.3. The molecule has 4 rings (SSSR count). The molecule has 5 heteroatoms. The smallest absolute Gasteiger partial charge is 0.149 e. The average Bonchev–Trinajstić information content (AvgIpc) is 3.21. The van der Waals surface area contributed by atoms with E-state index in [4.69, 9.17) is 0 Å². The number of hydrogen-bond acceptors (Lipinski definition) is 2. The number of aromatic amines is 1. The van der Waals surface area contributed by atoms with Crippen LogP contribution in [-0.2, 0) is 0 Å². The second-order valence-electron chi connectivity index (χ2n) is 6.39. The zero-order valence-corrected chi connectivity index (χ0v) is 16.6. The van der Waals surface area contributed by atoms with E-state index >= 15 is 0 Å². The summed E-state index contributed by atoms with van der Waals surface area (Å²) in [6, 6.07) is 20.3. The molecular weight excluding hydrogens is 400 g/mol. The molecule has 0 saturated carbocycles. The average molecular weight is 417 g/mol. The van der Waals surface area contributed by atoms with Gasteiger partial charge in [0.25, 0.3) is 0 Å². The van der Waals surface area contributed by atoms with Gasteiger partial charge in [0.1, 0.15) is 11.9 Å². The standard InChI is InChI=1S/C22H17BrN4/c1-14-11-16(15(2)27(14)21-10-6-3-7-18(21)23)12-17(13-24)22-25-19-8-4-5-9-20(19)26-22/h3-12H,1-2H3,(H,25,26)/b17-12+. The van der Waals surface area contributed by atoms with Crippen molar-refractivity contribution >= 4 is 38.6 Å². The third-order valence-corrected chi connectivity index (χ3v) is 5.30. The molecule has 1 N–H and O–H groups in total. The number of H-pyrrole nitrogens is 1. The lowest BCUT2D eigenvalue weighted by Gasteiger charge is -2.11. The third-order valence-electron chi connectivity index (χ3n) is 4.63. The number of imidazole rings is 1. The lowest BCUT2D eigenvalue weighted by atomic mass is 10.1. The van der Waals surface area contributed by atoms with Crippen LogP contribution >= 0.6 is 15.9 Å². The Hall–Kier alpha value is -3.10. The zero-order chi connectivity index (χ0) is 19.0. The number of hydrogen-bond donors (Lipinski definition) is 1. The van der Waals surface area contributed by atoms with Gasteiger partial charge < -0.3 is 9.55 Å². The summed E-state index contributed by atoms with van der Waals surface area (Å²) >= 11 is 3.63. The highest BCUT2D eigenvalue weighted by Crippen LogP contribution is 2.28. The van der Waals surface area contributed by atoms with E-state index < -0.39 is 0 Å². The van der Waals surface area contributed by atoms with E-state index in [1.54, 1.807) is 0 Å². The molecule has 0 spiro atoms. The monoisotopic (exact) mass is 416 g/mol. The maximum absolute atomic E-state index is 9.70. The predicted molar refractivity (Wildman–Crippen MR) is 113 cm³/mol. The fraction of sp³-hybridized carbons (Fsp3) is 0.0909. The van der Waals surface area contributed by atoms with Gasteiger partial charge in [-0.25, -0.2) is 4.98 Å². The molecule has 27 heavy (non-hydrogen) atoms. The van der Waals surface area contributed by atoms with Gasteiger partial charge in [-0.15, -0.1) is 0 Å². The van der Waals surface area contributed by atoms with Crippen molar-refractivity contribution in [2.75, 3.05) is 0 Å². The Morgan fingerprint density at radius 2 is 1.89 bits per heavy atom. The van der Waals surface area contributed by atoms with E-state index in [-0.39, 0.29) is 0 Å². The van der Waals surface area contributed by atoms with Crippen LogP contribution in [0.15, 0.2) is 59.1 Å². The van der Waals surface area contributed by atoms with Gasteiger partial charge >= 0.3 is 0 Å². The number of nitrogens with zero attached hydrogens (tertiary/aromatic N) is 3. The van der Waals surface area contributed by atoms with Crippen LogP contribution in [0.4, 0.5) is 0 Å². The van der Waals surface area contributed by atoms with Gasteiger partial charge in [0.2, 0.25) is 0 Å². The van der Waals surface area contributed by atoms with E-state index in [1.807, 2.05) is 48.5 Å². The van der Waals surface area contributed by atoms with E-state index in [9.17, 15) is 5.26 Å². The first-order valence-electron chi connectivity index (χ1n) is 8.59. The van der Waals surface area contributed by atoms with E-state index in [1.165, 1.54) is 0 Å². The molecule has 0 aliphatic heterocycles. The van der Waals surface area contributed by atoms with Crippen LogP contribution in [0.2, 0.25) is 0 Å². The molecule has 2 heterocycles. The van der Waals surface area contributed by atoms with Gasteiger partial charge in [-0.05, 0) is 71.7 Å². The largest absolute Gasteiger partial charge is 0.337 e. The topological polar surface area (TPSA) is 57.4 Å². The van der Waals surface area contributed by atoms with Crippen LogP contribution in [0.1, 0.15) is 22.8 Å². The fourth-order valence-electron chi connectivity index (χ4n) is 3.33. The molecule has 0 amide bonds. The number of aryl methyl sites for hydroxylation is 1. The molecule has 0 bridgehead atoms. The van der Waals surface area contributed by atoms with Gasteiger partial charge in [0.05, 0.1) is 22.3 Å². The molecular formula is C22H17BrN4. The van der Waals surface area contributed by atoms with E-state index in [0.29, 0.717) is 11.4 Å². The van der Waals surface area contributed by atoms with Crippen LogP contribution in [0.5, 0.6) is 0 Å². The number of allylic oxidation sites excluding steroid dienone is 1. The van der Waals surface area contributed by atoms with Gasteiger partial charge in [0, 0.05) is 15.9 Å². The summed E-state index contributed by atoms with van der Waals surface area (Å²) in [7, 11) is 0. The summed E-state index contributed by atoms with van der Waals surface area (Å²) in [5.41, 5.74) is 6.55. The number of para-hydroxylation sites is 3. The Bertz CT molecular complexity index is 1190. The normalized spacial score (nSPS) is 11.7. The molecule has 2 aromatic carbocycles. The van der Waals surface area contributed by atoms with Crippen molar-refractivity contribution in [3.8, 4) is 11.8 Å². The summed E-state index contributed by atoms with van der Waals surface area (Å²) in [4.78, 5) is 7.78. The maximum Gasteiger partial charge on any atom is 0.149 e. The number of halogens is 1. The number of benzene rings is 2. The number of nitrogens with one attached hydrogen (secondary N) is 1. The van der Waals surface area contributed by atoms with E-state index in [2.05, 4.69) is 62.5 Å². The van der Waals surface area contributed by atoms with Crippen LogP contribution in [0, 0.1) is 25.2 Å². The van der Waals surface area contributed by atoms with E-state index in [0.717, 1.165) is 38.1 Å². The molecule has 2 aromatic heterocycles. The Labute approximate surface area is 165 Å². The highest BCUT2D eigenvalue weighted by atomic mass is 79.9. The summed E-state index contributed by atoms with van der Waals surface area (Å²) in [5.74, 6) is 0.587. The number of nitriles is 1. The second-order valence-corrected chi connectivity index (χ2v) is 7.24. The molecule has 0 radical (unpaired) electrons. The Kier molecular flexibility index (Phi) is 4.43. The van der Waals surface area contributed by atoms with Crippen molar-refractivity contribution in [2.24, 2.45) is 0 Å². The summed E-state index contributed by atoms with van der Waals surface area (Å²) < 4.78 is 3.21. The maximum atomic E-state index is 9.70. The highest BCUT2D eigenvalue weighted by Gasteiger charge is 2.14. The van der Waals surface area contributed by atoms with Crippen molar-refractivity contribution in [3.63, 3.8) is 0 Å². The quantitative estimate of drug-likeness (QED) is 0.429. The number of fused-ring (bicyclic) bond motifs is 1. The predicted octanol–water partition coefficient (Wildman–Crippen LogP) is 5.80. The van der Waals surface area contributed by atoms with Crippen LogP contribution < -0.4 is 0 Å². The Balaban J connectivity index is 1.82. The van der Waals surface area contributed by atoms with Crippen molar-refractivity contribution in [2.45, 2.75) is 13.8 Å².